The number of benzene rings is 1. The van der Waals surface area contributed by atoms with Crippen LogP contribution in [0.15, 0.2) is 29.2 Å². The average Bonchev–Trinajstić information content (AvgIpc) is 2.57. The van der Waals surface area contributed by atoms with Gasteiger partial charge in [0, 0.05) is 23.4 Å². The van der Waals surface area contributed by atoms with E-state index in [-0.39, 0.29) is 0 Å². The van der Waals surface area contributed by atoms with Crippen molar-refractivity contribution >= 4 is 23.7 Å². The molecule has 1 aromatic rings. The Hall–Kier alpha value is -0.370. The first kappa shape index (κ1) is 21.6. The molecule has 1 fully saturated rings. The Kier molecular flexibility index (Phi) is 11.9. The van der Waals surface area contributed by atoms with Crippen LogP contribution in [-0.4, -0.2) is 24.7 Å². The lowest BCUT2D eigenvalue weighted by Crippen LogP contribution is -2.18. The number of hydrogen-bond donors (Lipinski definition) is 1. The van der Waals surface area contributed by atoms with Gasteiger partial charge in [-0.15, -0.1) is 11.8 Å². The molecule has 22 heavy (non-hydrogen) atoms. The van der Waals surface area contributed by atoms with Crippen molar-refractivity contribution in [3.8, 4) is 0 Å². The maximum absolute atomic E-state index is 12.1. The van der Waals surface area contributed by atoms with Crippen LogP contribution in [0.5, 0.6) is 0 Å². The van der Waals surface area contributed by atoms with Crippen LogP contribution in [0.4, 0.5) is 13.2 Å². The Morgan fingerprint density at radius 2 is 1.77 bits per heavy atom. The smallest absolute Gasteiger partial charge is 0.381 e. The van der Waals surface area contributed by atoms with E-state index in [0.29, 0.717) is 10.1 Å². The highest BCUT2D eigenvalue weighted by Gasteiger charge is 2.30. The Labute approximate surface area is 139 Å². The van der Waals surface area contributed by atoms with Gasteiger partial charge in [-0.1, -0.05) is 31.9 Å². The van der Waals surface area contributed by atoms with Gasteiger partial charge in [0.2, 0.25) is 0 Å². The molecule has 0 amide bonds. The van der Waals surface area contributed by atoms with Crippen molar-refractivity contribution in [3.05, 3.63) is 29.8 Å². The van der Waals surface area contributed by atoms with Gasteiger partial charge in [0.1, 0.15) is 0 Å². The van der Waals surface area contributed by atoms with Crippen molar-refractivity contribution in [2.24, 2.45) is 5.14 Å². The summed E-state index contributed by atoms with van der Waals surface area (Å²) in [6.07, 6.45) is -0.233. The minimum atomic E-state index is -4.23. The van der Waals surface area contributed by atoms with E-state index in [4.69, 9.17) is 9.88 Å². The summed E-state index contributed by atoms with van der Waals surface area (Å²) < 4.78 is 41.4. The molecule has 1 heterocycles. The summed E-state index contributed by atoms with van der Waals surface area (Å²) in [5.41, 5.74) is -0.589. The second-order valence-electron chi connectivity index (χ2n) is 4.18. The number of halogens is 3. The molecule has 0 aliphatic carbocycles. The summed E-state index contributed by atoms with van der Waals surface area (Å²) in [4.78, 5) is 0.629. The zero-order valence-electron chi connectivity index (χ0n) is 13.2. The van der Waals surface area contributed by atoms with E-state index in [2.05, 4.69) is 0 Å². The van der Waals surface area contributed by atoms with Gasteiger partial charge in [0.15, 0.2) is 0 Å². The third-order valence-electron chi connectivity index (χ3n) is 2.76. The number of ether oxygens (including phenoxy) is 1. The molecule has 2 rings (SSSR count). The van der Waals surface area contributed by atoms with Crippen LogP contribution in [0.2, 0.25) is 0 Å². The predicted octanol–water partition coefficient (Wildman–Crippen LogP) is 5.23. The van der Waals surface area contributed by atoms with Crippen molar-refractivity contribution in [2.75, 3.05) is 19.5 Å². The molecule has 0 bridgehead atoms. The van der Waals surface area contributed by atoms with E-state index in [1.807, 2.05) is 13.8 Å². The quantitative estimate of drug-likeness (QED) is 0.582. The zero-order chi connectivity index (χ0) is 17.0. The summed E-state index contributed by atoms with van der Waals surface area (Å²) in [6.45, 7) is 5.80. The number of nitrogens with two attached hydrogens (primary N) is 1. The van der Waals surface area contributed by atoms with Crippen LogP contribution in [0.25, 0.3) is 0 Å². The summed E-state index contributed by atoms with van der Waals surface area (Å²) in [5, 5.41) is 6.02. The molecular formula is C15H24F3NOS2. The summed E-state index contributed by atoms with van der Waals surface area (Å²) >= 11 is 2.76. The molecule has 1 aliphatic rings. The molecule has 2 N–H and O–H groups in total. The Bertz CT molecular complexity index is 397. The molecule has 0 radical (unpaired) electrons. The predicted molar refractivity (Wildman–Crippen MR) is 90.2 cm³/mol. The zero-order valence-corrected chi connectivity index (χ0v) is 14.8. The first-order chi connectivity index (χ1) is 10.5. The van der Waals surface area contributed by atoms with Crippen molar-refractivity contribution in [2.45, 2.75) is 43.0 Å². The number of hydrogen-bond acceptors (Lipinski definition) is 4. The van der Waals surface area contributed by atoms with E-state index in [0.717, 1.165) is 38.2 Å². The van der Waals surface area contributed by atoms with Crippen LogP contribution < -0.4 is 5.14 Å². The summed E-state index contributed by atoms with van der Waals surface area (Å²) in [7, 11) is 0. The molecule has 1 aromatic carbocycles. The molecule has 0 saturated carbocycles. The van der Waals surface area contributed by atoms with Crippen LogP contribution in [0.3, 0.4) is 0 Å². The molecule has 1 aliphatic heterocycles. The van der Waals surface area contributed by atoms with E-state index >= 15 is 0 Å². The van der Waals surface area contributed by atoms with Crippen LogP contribution in [0.1, 0.15) is 32.3 Å². The van der Waals surface area contributed by atoms with Gasteiger partial charge >= 0.3 is 6.18 Å². The highest BCUT2D eigenvalue weighted by Crippen LogP contribution is 2.31. The number of alkyl halides is 3. The molecule has 2 nitrogen and oxygen atoms in total. The largest absolute Gasteiger partial charge is 0.416 e. The van der Waals surface area contributed by atoms with E-state index in [9.17, 15) is 13.2 Å². The SMILES string of the molecule is CC.CSc1cccc(C(F)(F)F)c1.NSC1CCOCC1. The van der Waals surface area contributed by atoms with Crippen LogP contribution >= 0.6 is 23.7 Å². The molecule has 128 valence electrons. The number of rotatable bonds is 2. The van der Waals surface area contributed by atoms with Crippen molar-refractivity contribution in [1.29, 1.82) is 0 Å². The van der Waals surface area contributed by atoms with Gasteiger partial charge in [-0.25, -0.2) is 0 Å². The normalized spacial score (nSPS) is 15.2. The minimum absolute atomic E-state index is 0.589. The maximum atomic E-state index is 12.1. The van der Waals surface area contributed by atoms with Crippen LogP contribution in [-0.2, 0) is 10.9 Å². The fourth-order valence-corrected chi connectivity index (χ4v) is 2.54. The van der Waals surface area contributed by atoms with Gasteiger partial charge in [0.05, 0.1) is 5.56 Å². The first-order valence-corrected chi connectivity index (χ1v) is 9.28. The summed E-state index contributed by atoms with van der Waals surface area (Å²) in [5.74, 6) is 0. The third kappa shape index (κ3) is 8.92. The molecule has 1 saturated heterocycles. The van der Waals surface area contributed by atoms with E-state index < -0.39 is 11.7 Å². The maximum Gasteiger partial charge on any atom is 0.416 e. The summed E-state index contributed by atoms with van der Waals surface area (Å²) in [6, 6.07) is 5.28. The molecule has 7 heteroatoms. The topological polar surface area (TPSA) is 35.2 Å². The minimum Gasteiger partial charge on any atom is -0.381 e. The molecule has 0 spiro atoms. The first-order valence-electron chi connectivity index (χ1n) is 7.12. The Morgan fingerprint density at radius 1 is 1.18 bits per heavy atom. The second kappa shape index (κ2) is 12.1. The molecule has 0 unspecified atom stereocenters. The fourth-order valence-electron chi connectivity index (χ4n) is 1.61. The fraction of sp³-hybridized carbons (Fsp3) is 0.600. The van der Waals surface area contributed by atoms with Gasteiger partial charge in [-0.2, -0.15) is 13.2 Å². The third-order valence-corrected chi connectivity index (χ3v) is 4.34. The van der Waals surface area contributed by atoms with E-state index in [1.54, 1.807) is 12.3 Å². The Morgan fingerprint density at radius 3 is 2.18 bits per heavy atom. The molecule has 0 atom stereocenters. The molecular weight excluding hydrogens is 331 g/mol. The standard InChI is InChI=1S/C8H7F3S.C5H11NOS.C2H6/c1-12-7-4-2-3-6(5-7)8(9,10)11;6-8-5-1-3-7-4-2-5;1-2/h2-5H,1H3;5H,1-4,6H2;1-2H3. The number of thioether (sulfide) groups is 1. The lowest BCUT2D eigenvalue weighted by Gasteiger charge is -2.18. The van der Waals surface area contributed by atoms with Gasteiger partial charge in [-0.05, 0) is 37.3 Å². The lowest BCUT2D eigenvalue weighted by atomic mass is 10.2. The van der Waals surface area contributed by atoms with Crippen molar-refractivity contribution in [1.82, 2.24) is 0 Å². The monoisotopic (exact) mass is 355 g/mol. The second-order valence-corrected chi connectivity index (χ2v) is 6.00. The average molecular weight is 355 g/mol. The van der Waals surface area contributed by atoms with Gasteiger partial charge < -0.3 is 4.74 Å². The van der Waals surface area contributed by atoms with E-state index in [1.165, 1.54) is 29.8 Å². The highest BCUT2D eigenvalue weighted by molar-refractivity contribution is 7.98. The van der Waals surface area contributed by atoms with Crippen molar-refractivity contribution in [3.63, 3.8) is 0 Å². The van der Waals surface area contributed by atoms with Crippen LogP contribution in [0, 0.1) is 0 Å². The molecule has 0 aromatic heterocycles. The van der Waals surface area contributed by atoms with Gasteiger partial charge in [-0.3, -0.25) is 5.14 Å². The lowest BCUT2D eigenvalue weighted by molar-refractivity contribution is -0.137. The Balaban J connectivity index is 0.000000382. The van der Waals surface area contributed by atoms with Gasteiger partial charge in [0.25, 0.3) is 0 Å². The van der Waals surface area contributed by atoms with Crippen molar-refractivity contribution < 1.29 is 17.9 Å². The highest BCUT2D eigenvalue weighted by atomic mass is 32.2.